The van der Waals surface area contributed by atoms with Crippen molar-refractivity contribution in [1.82, 2.24) is 19.9 Å². The molecule has 0 atom stereocenters. The minimum absolute atomic E-state index is 0.0252. The zero-order valence-electron chi connectivity index (χ0n) is 14.1. The van der Waals surface area contributed by atoms with Gasteiger partial charge < -0.3 is 16.8 Å². The Balaban J connectivity index is 1.59. The maximum Gasteiger partial charge on any atom is 0.228 e. The van der Waals surface area contributed by atoms with Crippen molar-refractivity contribution in [3.05, 3.63) is 41.7 Å². The summed E-state index contributed by atoms with van der Waals surface area (Å²) < 4.78 is 0. The van der Waals surface area contributed by atoms with Crippen molar-refractivity contribution < 1.29 is 4.79 Å². The standard InChI is InChI=1S/C17H23N7O/c18-15(25)13-6-8-24(9-7-13)11-14-21-16(19)23-17(22-14)20-10-12-4-2-1-3-5-12/h1-5,13H,6-11H2,(H2,18,25)(H3,19,20,21,22,23). The zero-order chi connectivity index (χ0) is 17.6. The number of primary amides is 1. The van der Waals surface area contributed by atoms with E-state index in [1.165, 1.54) is 0 Å². The molecule has 0 unspecified atom stereocenters. The van der Waals surface area contributed by atoms with Gasteiger partial charge in [-0.05, 0) is 31.5 Å². The second-order valence-electron chi connectivity index (χ2n) is 6.23. The van der Waals surface area contributed by atoms with Crippen molar-refractivity contribution in [3.63, 3.8) is 0 Å². The van der Waals surface area contributed by atoms with Gasteiger partial charge in [0, 0.05) is 12.5 Å². The number of likely N-dealkylation sites (tertiary alicyclic amines) is 1. The number of aromatic nitrogens is 3. The third kappa shape index (κ3) is 4.87. The fourth-order valence-electron chi connectivity index (χ4n) is 2.94. The third-order valence-corrected chi connectivity index (χ3v) is 4.35. The lowest BCUT2D eigenvalue weighted by Crippen LogP contribution is -2.38. The largest absolute Gasteiger partial charge is 0.369 e. The molecule has 0 radical (unpaired) electrons. The fourth-order valence-corrected chi connectivity index (χ4v) is 2.94. The summed E-state index contributed by atoms with van der Waals surface area (Å²) in [5.74, 6) is 1.06. The first-order valence-corrected chi connectivity index (χ1v) is 8.40. The molecule has 3 rings (SSSR count). The average Bonchev–Trinajstić information content (AvgIpc) is 2.61. The number of nitrogens with zero attached hydrogens (tertiary/aromatic N) is 4. The number of nitrogens with two attached hydrogens (primary N) is 2. The lowest BCUT2D eigenvalue weighted by Gasteiger charge is -2.29. The van der Waals surface area contributed by atoms with Crippen LogP contribution in [0.2, 0.25) is 0 Å². The molecule has 0 bridgehead atoms. The molecule has 25 heavy (non-hydrogen) atoms. The summed E-state index contributed by atoms with van der Waals surface area (Å²) in [4.78, 5) is 26.3. The number of nitrogens with one attached hydrogen (secondary N) is 1. The molecular formula is C17H23N7O. The van der Waals surface area contributed by atoms with Gasteiger partial charge in [-0.15, -0.1) is 0 Å². The summed E-state index contributed by atoms with van der Waals surface area (Å²) in [6.45, 7) is 2.80. The van der Waals surface area contributed by atoms with Gasteiger partial charge in [-0.3, -0.25) is 9.69 Å². The van der Waals surface area contributed by atoms with Crippen LogP contribution in [-0.2, 0) is 17.9 Å². The summed E-state index contributed by atoms with van der Waals surface area (Å²) in [6, 6.07) is 10.0. The van der Waals surface area contributed by atoms with Crippen LogP contribution in [-0.4, -0.2) is 38.8 Å². The Labute approximate surface area is 146 Å². The van der Waals surface area contributed by atoms with Gasteiger partial charge in [-0.25, -0.2) is 0 Å². The van der Waals surface area contributed by atoms with E-state index in [1.54, 1.807) is 0 Å². The Morgan fingerprint density at radius 3 is 2.56 bits per heavy atom. The van der Waals surface area contributed by atoms with E-state index in [0.29, 0.717) is 24.9 Å². The molecule has 2 aromatic rings. The molecular weight excluding hydrogens is 318 g/mol. The molecule has 5 N–H and O–H groups in total. The van der Waals surface area contributed by atoms with Gasteiger partial charge in [0.15, 0.2) is 0 Å². The predicted octanol–water partition coefficient (Wildman–Crippen LogP) is 0.763. The monoisotopic (exact) mass is 341 g/mol. The lowest BCUT2D eigenvalue weighted by atomic mass is 9.96. The summed E-state index contributed by atoms with van der Waals surface area (Å²) >= 11 is 0. The van der Waals surface area contributed by atoms with Crippen molar-refractivity contribution in [1.29, 1.82) is 0 Å². The molecule has 1 amide bonds. The van der Waals surface area contributed by atoms with Gasteiger partial charge in [0.1, 0.15) is 5.82 Å². The Morgan fingerprint density at radius 1 is 1.16 bits per heavy atom. The van der Waals surface area contributed by atoms with Crippen molar-refractivity contribution in [2.45, 2.75) is 25.9 Å². The van der Waals surface area contributed by atoms with Crippen LogP contribution in [0.1, 0.15) is 24.2 Å². The van der Waals surface area contributed by atoms with E-state index in [-0.39, 0.29) is 17.8 Å². The number of carbonyl (C=O) groups excluding carboxylic acids is 1. The first kappa shape index (κ1) is 17.1. The SMILES string of the molecule is NC(=O)C1CCN(Cc2nc(N)nc(NCc3ccccc3)n2)CC1. The molecule has 132 valence electrons. The van der Waals surface area contributed by atoms with Crippen LogP contribution in [0, 0.1) is 5.92 Å². The Hall–Kier alpha value is -2.74. The van der Waals surface area contributed by atoms with Crippen LogP contribution in [0.15, 0.2) is 30.3 Å². The maximum atomic E-state index is 11.2. The molecule has 1 aliphatic heterocycles. The normalized spacial score (nSPS) is 15.8. The molecule has 8 heteroatoms. The quantitative estimate of drug-likeness (QED) is 0.709. The van der Waals surface area contributed by atoms with Gasteiger partial charge in [-0.1, -0.05) is 30.3 Å². The smallest absolute Gasteiger partial charge is 0.228 e. The molecule has 1 aliphatic rings. The Bertz CT molecular complexity index is 714. The highest BCUT2D eigenvalue weighted by molar-refractivity contribution is 5.76. The van der Waals surface area contributed by atoms with Crippen LogP contribution in [0.25, 0.3) is 0 Å². The van der Waals surface area contributed by atoms with Crippen molar-refractivity contribution in [2.24, 2.45) is 11.7 Å². The van der Waals surface area contributed by atoms with Gasteiger partial charge in [0.25, 0.3) is 0 Å². The van der Waals surface area contributed by atoms with E-state index in [0.717, 1.165) is 31.5 Å². The van der Waals surface area contributed by atoms with E-state index in [4.69, 9.17) is 11.5 Å². The van der Waals surface area contributed by atoms with Crippen LogP contribution in [0.4, 0.5) is 11.9 Å². The average molecular weight is 341 g/mol. The molecule has 1 fully saturated rings. The minimum Gasteiger partial charge on any atom is -0.369 e. The Morgan fingerprint density at radius 2 is 1.88 bits per heavy atom. The first-order chi connectivity index (χ1) is 12.1. The number of nitrogen functional groups attached to an aromatic ring is 1. The number of benzene rings is 1. The highest BCUT2D eigenvalue weighted by atomic mass is 16.1. The van der Waals surface area contributed by atoms with Crippen LogP contribution >= 0.6 is 0 Å². The first-order valence-electron chi connectivity index (χ1n) is 8.40. The molecule has 0 aliphatic carbocycles. The molecule has 0 saturated carbocycles. The molecule has 1 saturated heterocycles. The molecule has 2 heterocycles. The molecule has 8 nitrogen and oxygen atoms in total. The van der Waals surface area contributed by atoms with Gasteiger partial charge >= 0.3 is 0 Å². The predicted molar refractivity (Wildman–Crippen MR) is 95.2 cm³/mol. The maximum absolute atomic E-state index is 11.2. The van der Waals surface area contributed by atoms with E-state index in [2.05, 4.69) is 25.2 Å². The van der Waals surface area contributed by atoms with Crippen LogP contribution in [0.5, 0.6) is 0 Å². The number of carbonyl (C=O) groups is 1. The van der Waals surface area contributed by atoms with Crippen molar-refractivity contribution in [3.8, 4) is 0 Å². The second-order valence-corrected chi connectivity index (χ2v) is 6.23. The number of piperidine rings is 1. The number of anilines is 2. The summed E-state index contributed by atoms with van der Waals surface area (Å²) in [5, 5.41) is 3.18. The van der Waals surface area contributed by atoms with E-state index < -0.39 is 0 Å². The molecule has 1 aromatic carbocycles. The number of hydrogen-bond acceptors (Lipinski definition) is 7. The fraction of sp³-hybridized carbons (Fsp3) is 0.412. The van der Waals surface area contributed by atoms with Crippen molar-refractivity contribution >= 4 is 17.8 Å². The number of rotatable bonds is 6. The summed E-state index contributed by atoms with van der Waals surface area (Å²) in [7, 11) is 0. The topological polar surface area (TPSA) is 123 Å². The zero-order valence-corrected chi connectivity index (χ0v) is 14.1. The van der Waals surface area contributed by atoms with Gasteiger partial charge in [0.2, 0.25) is 17.8 Å². The van der Waals surface area contributed by atoms with E-state index in [9.17, 15) is 4.79 Å². The highest BCUT2D eigenvalue weighted by Gasteiger charge is 2.23. The lowest BCUT2D eigenvalue weighted by molar-refractivity contribution is -0.123. The van der Waals surface area contributed by atoms with Gasteiger partial charge in [0.05, 0.1) is 6.54 Å². The van der Waals surface area contributed by atoms with Crippen molar-refractivity contribution in [2.75, 3.05) is 24.1 Å². The summed E-state index contributed by atoms with van der Waals surface area (Å²) in [5.41, 5.74) is 12.3. The summed E-state index contributed by atoms with van der Waals surface area (Å²) in [6.07, 6.45) is 1.55. The van der Waals surface area contributed by atoms with Crippen LogP contribution in [0.3, 0.4) is 0 Å². The van der Waals surface area contributed by atoms with E-state index >= 15 is 0 Å². The minimum atomic E-state index is -0.212. The van der Waals surface area contributed by atoms with E-state index in [1.807, 2.05) is 30.3 Å². The number of hydrogen-bond donors (Lipinski definition) is 3. The number of amides is 1. The Kier molecular flexibility index (Phi) is 5.39. The molecule has 1 aromatic heterocycles. The second kappa shape index (κ2) is 7.89. The third-order valence-electron chi connectivity index (χ3n) is 4.35. The van der Waals surface area contributed by atoms with Gasteiger partial charge in [-0.2, -0.15) is 15.0 Å². The highest BCUT2D eigenvalue weighted by Crippen LogP contribution is 2.18. The molecule has 0 spiro atoms. The van der Waals surface area contributed by atoms with Crippen LogP contribution < -0.4 is 16.8 Å².